The van der Waals surface area contributed by atoms with E-state index in [1.165, 1.54) is 18.4 Å². The van der Waals surface area contributed by atoms with Gasteiger partial charge in [-0.3, -0.25) is 9.59 Å². The summed E-state index contributed by atoms with van der Waals surface area (Å²) in [4.78, 5) is 38.7. The normalized spacial score (nSPS) is 11.4. The Morgan fingerprint density at radius 2 is 1.75 bits per heavy atom. The highest BCUT2D eigenvalue weighted by atomic mass is 35.5. The van der Waals surface area contributed by atoms with E-state index in [-0.39, 0.29) is 12.5 Å². The minimum absolute atomic E-state index is 0.241. The Bertz CT molecular complexity index is 1270. The van der Waals surface area contributed by atoms with Gasteiger partial charge in [-0.05, 0) is 75.7 Å². The molecule has 1 heterocycles. The molecule has 0 radical (unpaired) electrons. The molecule has 0 aliphatic carbocycles. The Hall–Kier alpha value is -3.56. The van der Waals surface area contributed by atoms with Gasteiger partial charge in [0.05, 0.1) is 25.0 Å². The van der Waals surface area contributed by atoms with Crippen molar-refractivity contribution in [2.45, 2.75) is 33.8 Å². The molecule has 36 heavy (non-hydrogen) atoms. The molecular formula is C26H27ClN2O6S. The van der Waals surface area contributed by atoms with E-state index in [1.807, 2.05) is 13.8 Å². The predicted molar refractivity (Wildman–Crippen MR) is 141 cm³/mol. The summed E-state index contributed by atoms with van der Waals surface area (Å²) in [6.45, 7) is 7.27. The van der Waals surface area contributed by atoms with E-state index in [1.54, 1.807) is 56.3 Å². The average Bonchev–Trinajstić information content (AvgIpc) is 3.12. The maximum atomic E-state index is 12.8. The van der Waals surface area contributed by atoms with Crippen LogP contribution < -0.4 is 20.1 Å². The number of benzene rings is 2. The number of esters is 1. The lowest BCUT2D eigenvalue weighted by Gasteiger charge is -2.16. The van der Waals surface area contributed by atoms with Crippen LogP contribution in [-0.4, -0.2) is 37.6 Å². The zero-order valence-corrected chi connectivity index (χ0v) is 22.1. The highest BCUT2D eigenvalue weighted by molar-refractivity contribution is 7.16. The van der Waals surface area contributed by atoms with Crippen LogP contribution in [0.5, 0.6) is 11.5 Å². The topological polar surface area (TPSA) is 103 Å². The van der Waals surface area contributed by atoms with Gasteiger partial charge in [0, 0.05) is 15.5 Å². The molecular weight excluding hydrogens is 504 g/mol. The third-order valence-corrected chi connectivity index (χ3v) is 6.67. The first kappa shape index (κ1) is 27.0. The number of halogens is 1. The molecule has 2 N–H and O–H groups in total. The fraction of sp³-hybridized carbons (Fsp3) is 0.269. The minimum atomic E-state index is -0.836. The number of carbonyl (C=O) groups excluding carboxylic acids is 3. The number of methoxy groups -OCH3 is 1. The van der Waals surface area contributed by atoms with Crippen LogP contribution in [0.2, 0.25) is 5.02 Å². The average molecular weight is 531 g/mol. The molecule has 0 fully saturated rings. The lowest BCUT2D eigenvalue weighted by atomic mass is 10.1. The van der Waals surface area contributed by atoms with Gasteiger partial charge < -0.3 is 24.8 Å². The third kappa shape index (κ3) is 6.35. The van der Waals surface area contributed by atoms with Crippen LogP contribution in [0.25, 0.3) is 0 Å². The van der Waals surface area contributed by atoms with Crippen molar-refractivity contribution in [2.24, 2.45) is 0 Å². The minimum Gasteiger partial charge on any atom is -0.495 e. The Morgan fingerprint density at radius 3 is 2.39 bits per heavy atom. The van der Waals surface area contributed by atoms with Crippen LogP contribution in [0.15, 0.2) is 42.5 Å². The summed E-state index contributed by atoms with van der Waals surface area (Å²) in [5.74, 6) is -0.375. The van der Waals surface area contributed by atoms with Crippen LogP contribution in [0, 0.1) is 13.8 Å². The Labute approximate surface area is 218 Å². The molecule has 2 amide bonds. The Kier molecular flexibility index (Phi) is 8.95. The molecule has 1 aromatic heterocycles. The fourth-order valence-electron chi connectivity index (χ4n) is 3.29. The van der Waals surface area contributed by atoms with Crippen LogP contribution in [0.4, 0.5) is 10.7 Å². The van der Waals surface area contributed by atoms with Gasteiger partial charge in [0.2, 0.25) is 0 Å². The smallest absolute Gasteiger partial charge is 0.341 e. The number of nitrogens with one attached hydrogen (secondary N) is 2. The molecule has 8 nitrogen and oxygen atoms in total. The summed E-state index contributed by atoms with van der Waals surface area (Å²) in [6.07, 6.45) is -0.836. The summed E-state index contributed by atoms with van der Waals surface area (Å²) in [5.41, 5.74) is 1.93. The number of ether oxygens (including phenoxy) is 3. The molecule has 0 unspecified atom stereocenters. The van der Waals surface area contributed by atoms with E-state index in [0.29, 0.717) is 38.3 Å². The van der Waals surface area contributed by atoms with Crippen molar-refractivity contribution in [1.82, 2.24) is 0 Å². The van der Waals surface area contributed by atoms with Crippen molar-refractivity contribution in [3.8, 4) is 11.5 Å². The van der Waals surface area contributed by atoms with Gasteiger partial charge in [-0.25, -0.2) is 4.79 Å². The number of amides is 2. The van der Waals surface area contributed by atoms with E-state index in [2.05, 4.69) is 10.6 Å². The molecule has 3 aromatic rings. The van der Waals surface area contributed by atoms with Crippen molar-refractivity contribution in [1.29, 1.82) is 0 Å². The van der Waals surface area contributed by atoms with E-state index in [0.717, 1.165) is 10.4 Å². The van der Waals surface area contributed by atoms with Gasteiger partial charge in [-0.2, -0.15) is 0 Å². The van der Waals surface area contributed by atoms with Gasteiger partial charge in [-0.1, -0.05) is 11.6 Å². The number of hydrogen-bond donors (Lipinski definition) is 2. The maximum absolute atomic E-state index is 12.8. The molecule has 0 saturated carbocycles. The summed E-state index contributed by atoms with van der Waals surface area (Å²) < 4.78 is 16.1. The number of thiophene rings is 1. The Morgan fingerprint density at radius 1 is 1.06 bits per heavy atom. The third-order valence-electron chi connectivity index (χ3n) is 5.31. The molecule has 3 rings (SSSR count). The van der Waals surface area contributed by atoms with E-state index in [9.17, 15) is 14.4 Å². The van der Waals surface area contributed by atoms with Gasteiger partial charge in [0.1, 0.15) is 16.5 Å². The monoisotopic (exact) mass is 530 g/mol. The van der Waals surface area contributed by atoms with E-state index >= 15 is 0 Å². The number of aryl methyl sites for hydroxylation is 1. The van der Waals surface area contributed by atoms with Crippen molar-refractivity contribution in [2.75, 3.05) is 24.4 Å². The van der Waals surface area contributed by atoms with Crippen LogP contribution >= 0.6 is 22.9 Å². The summed E-state index contributed by atoms with van der Waals surface area (Å²) >= 11 is 7.33. The molecule has 2 aromatic carbocycles. The molecule has 0 bridgehead atoms. The fourth-order valence-corrected chi connectivity index (χ4v) is 4.51. The van der Waals surface area contributed by atoms with Gasteiger partial charge in [-0.15, -0.1) is 11.3 Å². The maximum Gasteiger partial charge on any atom is 0.341 e. The molecule has 0 aliphatic rings. The van der Waals surface area contributed by atoms with Crippen LogP contribution in [0.1, 0.15) is 45.0 Å². The van der Waals surface area contributed by atoms with Crippen molar-refractivity contribution >= 4 is 51.4 Å². The zero-order valence-electron chi connectivity index (χ0n) is 20.6. The molecule has 1 atom stereocenters. The highest BCUT2D eigenvalue weighted by Crippen LogP contribution is 2.33. The largest absolute Gasteiger partial charge is 0.495 e. The van der Waals surface area contributed by atoms with Crippen molar-refractivity contribution in [3.63, 3.8) is 0 Å². The standard InChI is InChI=1S/C26H27ClN2O6S/c1-6-34-26(32)22-14(2)16(4)36-25(22)29-24(31)17-7-10-19(11-8-17)35-15(3)23(30)28-20-13-18(27)9-12-21(20)33-5/h7-13,15H,6H2,1-5H3,(H,28,30)(H,29,31)/t15-/m0/s1. The number of anilines is 2. The van der Waals surface area contributed by atoms with E-state index in [4.69, 9.17) is 25.8 Å². The SMILES string of the molecule is CCOC(=O)c1c(NC(=O)c2ccc(O[C@@H](C)C(=O)Nc3cc(Cl)ccc3OC)cc2)sc(C)c1C. The quantitative estimate of drug-likeness (QED) is 0.336. The molecule has 10 heteroatoms. The second-order valence-electron chi connectivity index (χ2n) is 7.78. The first-order valence-corrected chi connectivity index (χ1v) is 12.3. The lowest BCUT2D eigenvalue weighted by molar-refractivity contribution is -0.122. The second-order valence-corrected chi connectivity index (χ2v) is 9.44. The van der Waals surface area contributed by atoms with Crippen molar-refractivity contribution < 1.29 is 28.6 Å². The predicted octanol–water partition coefficient (Wildman–Crippen LogP) is 5.86. The van der Waals surface area contributed by atoms with Crippen LogP contribution in [0.3, 0.4) is 0 Å². The summed E-state index contributed by atoms with van der Waals surface area (Å²) in [6, 6.07) is 11.2. The first-order valence-electron chi connectivity index (χ1n) is 11.1. The number of carbonyl (C=O) groups is 3. The lowest BCUT2D eigenvalue weighted by Crippen LogP contribution is -2.30. The number of rotatable bonds is 9. The first-order chi connectivity index (χ1) is 17.1. The number of hydrogen-bond acceptors (Lipinski definition) is 7. The summed E-state index contributed by atoms with van der Waals surface area (Å²) in [7, 11) is 1.49. The van der Waals surface area contributed by atoms with E-state index < -0.39 is 18.0 Å². The van der Waals surface area contributed by atoms with Gasteiger partial charge in [0.25, 0.3) is 11.8 Å². The van der Waals surface area contributed by atoms with Gasteiger partial charge in [0.15, 0.2) is 6.10 Å². The van der Waals surface area contributed by atoms with Crippen molar-refractivity contribution in [3.05, 3.63) is 69.1 Å². The molecule has 0 aliphatic heterocycles. The zero-order chi connectivity index (χ0) is 26.4. The molecule has 0 spiro atoms. The molecule has 190 valence electrons. The second kappa shape index (κ2) is 11.9. The van der Waals surface area contributed by atoms with Gasteiger partial charge >= 0.3 is 5.97 Å². The molecule has 0 saturated heterocycles. The van der Waals surface area contributed by atoms with Crippen LogP contribution in [-0.2, 0) is 9.53 Å². The Balaban J connectivity index is 1.66. The highest BCUT2D eigenvalue weighted by Gasteiger charge is 2.23. The summed E-state index contributed by atoms with van der Waals surface area (Å²) in [5, 5.41) is 6.43.